The zero-order valence-electron chi connectivity index (χ0n) is 19.0. The van der Waals surface area contributed by atoms with Gasteiger partial charge in [0.25, 0.3) is 0 Å². The highest BCUT2D eigenvalue weighted by molar-refractivity contribution is 5.95. The molecule has 2 amide bonds. The summed E-state index contributed by atoms with van der Waals surface area (Å²) in [7, 11) is 2.17. The Morgan fingerprint density at radius 3 is 2.32 bits per heavy atom. The molecular formula is C24H28F3N5O2. The molecule has 0 unspecified atom stereocenters. The number of nitrogens with one attached hydrogen (secondary N) is 1. The first-order valence-electron chi connectivity index (χ1n) is 11.5. The van der Waals surface area contributed by atoms with Crippen molar-refractivity contribution < 1.29 is 22.7 Å². The quantitative estimate of drug-likeness (QED) is 0.712. The molecule has 10 heteroatoms. The van der Waals surface area contributed by atoms with E-state index in [-0.39, 0.29) is 17.3 Å². The van der Waals surface area contributed by atoms with Gasteiger partial charge in [0, 0.05) is 18.0 Å². The van der Waals surface area contributed by atoms with Gasteiger partial charge in [-0.3, -0.25) is 9.80 Å². The zero-order valence-corrected chi connectivity index (χ0v) is 19.0. The van der Waals surface area contributed by atoms with Crippen LogP contribution in [0, 0.1) is 5.92 Å². The molecule has 0 bridgehead atoms. The highest BCUT2D eigenvalue weighted by Crippen LogP contribution is 2.47. The topological polar surface area (TPSA) is 70.6 Å². The number of amides is 2. The molecule has 182 valence electrons. The second-order valence-electron chi connectivity index (χ2n) is 9.74. The van der Waals surface area contributed by atoms with Crippen molar-refractivity contribution >= 4 is 11.7 Å². The highest BCUT2D eigenvalue weighted by atomic mass is 19.4. The first-order chi connectivity index (χ1) is 16.2. The van der Waals surface area contributed by atoms with Gasteiger partial charge in [0.15, 0.2) is 0 Å². The Morgan fingerprint density at radius 2 is 1.76 bits per heavy atom. The average Bonchev–Trinajstić information content (AvgIpc) is 3.12. The molecule has 2 aromatic rings. The van der Waals surface area contributed by atoms with Crippen LogP contribution in [0.4, 0.5) is 23.7 Å². The van der Waals surface area contributed by atoms with Crippen LogP contribution in [-0.4, -0.2) is 59.8 Å². The molecule has 2 saturated heterocycles. The lowest BCUT2D eigenvalue weighted by Gasteiger charge is -2.51. The second kappa shape index (κ2) is 8.49. The largest absolute Gasteiger partial charge is 0.451 e. The fourth-order valence-electron chi connectivity index (χ4n) is 5.54. The minimum absolute atomic E-state index is 0.141. The van der Waals surface area contributed by atoms with Gasteiger partial charge < -0.3 is 10.1 Å². The number of carbonyl (C=O) groups is 1. The maximum Gasteiger partial charge on any atom is 0.451 e. The summed E-state index contributed by atoms with van der Waals surface area (Å²) in [5, 5.41) is 3.12. The van der Waals surface area contributed by atoms with Crippen LogP contribution in [0.2, 0.25) is 0 Å². The lowest BCUT2D eigenvalue weighted by molar-refractivity contribution is -0.144. The summed E-state index contributed by atoms with van der Waals surface area (Å²) >= 11 is 0. The number of alkyl halides is 3. The number of nitrogens with zero attached hydrogens (tertiary/aromatic N) is 4. The molecule has 1 spiro atoms. The van der Waals surface area contributed by atoms with Gasteiger partial charge in [-0.15, -0.1) is 0 Å². The van der Waals surface area contributed by atoms with Crippen LogP contribution in [0.5, 0.6) is 0 Å². The molecule has 1 aliphatic carbocycles. The predicted octanol–water partition coefficient (Wildman–Crippen LogP) is 3.81. The highest BCUT2D eigenvalue weighted by Gasteiger charge is 2.51. The van der Waals surface area contributed by atoms with Crippen LogP contribution in [0.15, 0.2) is 42.7 Å². The SMILES string of the molecule is CN(CC1COC1)C1(c2ccccc2)CCC2(CC1)CN(c1cnc(C(F)(F)F)nc1)C(=O)N2. The van der Waals surface area contributed by atoms with Crippen molar-refractivity contribution in [2.24, 2.45) is 5.92 Å². The molecule has 7 nitrogen and oxygen atoms in total. The van der Waals surface area contributed by atoms with Crippen molar-refractivity contribution in [3.05, 3.63) is 54.1 Å². The Balaban J connectivity index is 1.33. The van der Waals surface area contributed by atoms with E-state index in [0.29, 0.717) is 12.5 Å². The smallest absolute Gasteiger partial charge is 0.381 e. The number of rotatable bonds is 5. The first-order valence-corrected chi connectivity index (χ1v) is 11.5. The monoisotopic (exact) mass is 475 g/mol. The predicted molar refractivity (Wildman–Crippen MR) is 119 cm³/mol. The van der Waals surface area contributed by atoms with Gasteiger partial charge in [-0.1, -0.05) is 30.3 Å². The zero-order chi connectivity index (χ0) is 24.0. The Morgan fingerprint density at radius 1 is 1.12 bits per heavy atom. The maximum atomic E-state index is 12.8. The van der Waals surface area contributed by atoms with Crippen LogP contribution in [0.3, 0.4) is 0 Å². The summed E-state index contributed by atoms with van der Waals surface area (Å²) in [6.45, 7) is 2.91. The third kappa shape index (κ3) is 4.13. The summed E-state index contributed by atoms with van der Waals surface area (Å²) in [6.07, 6.45) is 0.764. The normalized spacial score (nSPS) is 27.8. The minimum Gasteiger partial charge on any atom is -0.381 e. The number of halogens is 3. The van der Waals surface area contributed by atoms with Crippen LogP contribution in [0.25, 0.3) is 0 Å². The van der Waals surface area contributed by atoms with Crippen LogP contribution < -0.4 is 10.2 Å². The standard InChI is InChI=1S/C24H28F3N5O2/c1-31(13-17-14-34-15-17)23(18-5-3-2-4-6-18)9-7-22(8-10-23)16-32(21(33)30-22)19-11-28-20(29-12-19)24(25,26)27/h2-6,11-12,17H,7-10,13-16H2,1H3,(H,30,33). The maximum absolute atomic E-state index is 12.8. The summed E-state index contributed by atoms with van der Waals surface area (Å²) in [5.74, 6) is -0.682. The van der Waals surface area contributed by atoms with Gasteiger partial charge in [0.2, 0.25) is 5.82 Å². The second-order valence-corrected chi connectivity index (χ2v) is 9.74. The number of ether oxygens (including phenoxy) is 1. The molecule has 34 heavy (non-hydrogen) atoms. The number of urea groups is 1. The lowest BCUT2D eigenvalue weighted by atomic mass is 9.68. The Bertz CT molecular complexity index is 1020. The van der Waals surface area contributed by atoms with Crippen molar-refractivity contribution in [2.75, 3.05) is 38.3 Å². The van der Waals surface area contributed by atoms with E-state index in [1.54, 1.807) is 0 Å². The molecule has 0 radical (unpaired) electrons. The summed E-state index contributed by atoms with van der Waals surface area (Å²) in [6, 6.07) is 10.2. The Kier molecular flexibility index (Phi) is 5.76. The van der Waals surface area contributed by atoms with E-state index in [9.17, 15) is 18.0 Å². The first kappa shape index (κ1) is 23.0. The van der Waals surface area contributed by atoms with Crippen molar-refractivity contribution in [2.45, 2.75) is 42.9 Å². The molecule has 1 aromatic carbocycles. The van der Waals surface area contributed by atoms with Crippen LogP contribution >= 0.6 is 0 Å². The molecule has 3 aliphatic rings. The van der Waals surface area contributed by atoms with Gasteiger partial charge >= 0.3 is 12.2 Å². The molecule has 3 heterocycles. The average molecular weight is 476 g/mol. The van der Waals surface area contributed by atoms with Crippen molar-refractivity contribution in [1.29, 1.82) is 0 Å². The molecule has 3 fully saturated rings. The Hall–Kier alpha value is -2.72. The summed E-state index contributed by atoms with van der Waals surface area (Å²) in [4.78, 5) is 23.5. The molecule has 1 aromatic heterocycles. The van der Waals surface area contributed by atoms with E-state index in [1.807, 2.05) is 6.07 Å². The van der Waals surface area contributed by atoms with E-state index in [1.165, 1.54) is 10.5 Å². The van der Waals surface area contributed by atoms with Gasteiger partial charge in [-0.2, -0.15) is 13.2 Å². The van der Waals surface area contributed by atoms with E-state index in [0.717, 1.165) is 57.8 Å². The van der Waals surface area contributed by atoms with Crippen molar-refractivity contribution in [3.8, 4) is 0 Å². The van der Waals surface area contributed by atoms with Crippen LogP contribution in [0.1, 0.15) is 37.1 Å². The lowest BCUT2D eigenvalue weighted by Crippen LogP contribution is -2.56. The fraction of sp³-hybridized carbons (Fsp3) is 0.542. The molecule has 1 saturated carbocycles. The number of benzene rings is 1. The molecule has 5 rings (SSSR count). The van der Waals surface area contributed by atoms with E-state index < -0.39 is 17.5 Å². The molecule has 2 aliphatic heterocycles. The third-order valence-corrected chi connectivity index (χ3v) is 7.60. The molecule has 1 N–H and O–H groups in total. The van der Waals surface area contributed by atoms with E-state index >= 15 is 0 Å². The minimum atomic E-state index is -4.62. The van der Waals surface area contributed by atoms with Gasteiger partial charge in [-0.25, -0.2) is 14.8 Å². The molecule has 0 atom stereocenters. The van der Waals surface area contributed by atoms with Gasteiger partial charge in [0.1, 0.15) is 0 Å². The van der Waals surface area contributed by atoms with Gasteiger partial charge in [-0.05, 0) is 38.3 Å². The van der Waals surface area contributed by atoms with Gasteiger partial charge in [0.05, 0.1) is 43.4 Å². The van der Waals surface area contributed by atoms with Crippen molar-refractivity contribution in [3.63, 3.8) is 0 Å². The third-order valence-electron chi connectivity index (χ3n) is 7.60. The van der Waals surface area contributed by atoms with E-state index in [4.69, 9.17) is 4.74 Å². The summed E-state index contributed by atoms with van der Waals surface area (Å²) < 4.78 is 43.8. The number of hydrogen-bond acceptors (Lipinski definition) is 5. The Labute approximate surface area is 196 Å². The number of carbonyl (C=O) groups excluding carboxylic acids is 1. The van der Waals surface area contributed by atoms with Crippen molar-refractivity contribution in [1.82, 2.24) is 20.2 Å². The molecular weight excluding hydrogens is 447 g/mol. The number of anilines is 1. The number of hydrogen-bond donors (Lipinski definition) is 1. The number of aromatic nitrogens is 2. The van der Waals surface area contributed by atoms with E-state index in [2.05, 4.69) is 51.5 Å². The fourth-order valence-corrected chi connectivity index (χ4v) is 5.54. The summed E-state index contributed by atoms with van der Waals surface area (Å²) in [5.41, 5.74) is 0.963. The van der Waals surface area contributed by atoms with Crippen LogP contribution in [-0.2, 0) is 16.5 Å².